The average molecular weight is 317 g/mol. The number of allylic oxidation sites excluding steroid dienone is 4. The van der Waals surface area contributed by atoms with Crippen molar-refractivity contribution in [2.75, 3.05) is 6.54 Å². The number of nitrogens with one attached hydrogen (secondary N) is 1. The summed E-state index contributed by atoms with van der Waals surface area (Å²) in [5, 5.41) is 14.4. The predicted molar refractivity (Wildman–Crippen MR) is 87.0 cm³/mol. The molecule has 0 aromatic carbocycles. The summed E-state index contributed by atoms with van der Waals surface area (Å²) in [5.74, 6) is 0.0653. The van der Waals surface area contributed by atoms with Crippen molar-refractivity contribution in [3.63, 3.8) is 0 Å². The number of carboxylic acid groups (broad SMARTS) is 1. The summed E-state index contributed by atoms with van der Waals surface area (Å²) in [4.78, 5) is 15.5. The van der Waals surface area contributed by atoms with Crippen LogP contribution in [0.2, 0.25) is 0 Å². The van der Waals surface area contributed by atoms with Crippen LogP contribution in [0.5, 0.6) is 0 Å². The summed E-state index contributed by atoms with van der Waals surface area (Å²) >= 11 is 0. The van der Waals surface area contributed by atoms with Crippen LogP contribution in [0, 0.1) is 11.8 Å². The number of carbonyl (C=O) groups is 1. The summed E-state index contributed by atoms with van der Waals surface area (Å²) in [6, 6.07) is 1.71. The van der Waals surface area contributed by atoms with E-state index < -0.39 is 5.97 Å². The number of hydrogen-bond donors (Lipinski definition) is 2. The molecule has 5 heteroatoms. The van der Waals surface area contributed by atoms with E-state index in [-0.39, 0.29) is 18.0 Å². The van der Waals surface area contributed by atoms with E-state index >= 15 is 0 Å². The van der Waals surface area contributed by atoms with Gasteiger partial charge in [0.15, 0.2) is 0 Å². The second-order valence-corrected chi connectivity index (χ2v) is 5.83. The lowest BCUT2D eigenvalue weighted by Gasteiger charge is -2.25. The lowest BCUT2D eigenvalue weighted by atomic mass is 9.81. The lowest BCUT2D eigenvalue weighted by molar-refractivity contribution is 0.0696. The normalized spacial score (nSPS) is 24.5. The summed E-state index contributed by atoms with van der Waals surface area (Å²) in [6.07, 6.45) is 12.2. The lowest BCUT2D eigenvalue weighted by Crippen LogP contribution is -2.33. The van der Waals surface area contributed by atoms with Crippen LogP contribution in [0.4, 0.5) is 0 Å². The van der Waals surface area contributed by atoms with Gasteiger partial charge in [-0.2, -0.15) is 0 Å². The highest BCUT2D eigenvalue weighted by Gasteiger charge is 2.30. The monoisotopic (exact) mass is 316 g/mol. The van der Waals surface area contributed by atoms with Gasteiger partial charge in [0.05, 0.1) is 10.9 Å². The average Bonchev–Trinajstić information content (AvgIpc) is 2.85. The molecule has 2 heterocycles. The molecule has 4 nitrogen and oxygen atoms in total. The molecule has 4 rings (SSSR count). The Kier molecular flexibility index (Phi) is 3.79. The molecule has 2 aliphatic carbocycles. The van der Waals surface area contributed by atoms with Crippen LogP contribution in [0.1, 0.15) is 23.2 Å². The van der Waals surface area contributed by atoms with Crippen molar-refractivity contribution in [3.8, 4) is 0 Å². The SMILES string of the molecule is Cl.O=C(O)c1cnc2c(c1)=CC=CC1CC3CCNC3=CC=21. The van der Waals surface area contributed by atoms with Crippen molar-refractivity contribution < 1.29 is 9.90 Å². The highest BCUT2D eigenvalue weighted by atomic mass is 35.5. The molecule has 0 spiro atoms. The van der Waals surface area contributed by atoms with Gasteiger partial charge in [-0.3, -0.25) is 4.98 Å². The van der Waals surface area contributed by atoms with E-state index in [0.717, 1.165) is 23.5 Å². The number of fused-ring (bicyclic) bond motifs is 3. The molecule has 3 aliphatic rings. The highest BCUT2D eigenvalue weighted by molar-refractivity contribution is 5.87. The van der Waals surface area contributed by atoms with Gasteiger partial charge in [-0.15, -0.1) is 12.4 Å². The number of halogens is 1. The van der Waals surface area contributed by atoms with E-state index in [1.54, 1.807) is 6.07 Å². The Bertz CT molecular complexity index is 810. The minimum absolute atomic E-state index is 0. The van der Waals surface area contributed by atoms with E-state index in [9.17, 15) is 4.79 Å². The van der Waals surface area contributed by atoms with Crippen LogP contribution < -0.4 is 15.9 Å². The molecule has 2 unspecified atom stereocenters. The first-order valence-electron chi connectivity index (χ1n) is 7.30. The van der Waals surface area contributed by atoms with Gasteiger partial charge in [0.25, 0.3) is 0 Å². The molecular formula is C17H17ClN2O2. The van der Waals surface area contributed by atoms with Gasteiger partial charge >= 0.3 is 5.97 Å². The van der Waals surface area contributed by atoms with Gasteiger partial charge in [-0.25, -0.2) is 4.79 Å². The predicted octanol–water partition coefficient (Wildman–Crippen LogP) is 1.22. The van der Waals surface area contributed by atoms with Crippen molar-refractivity contribution in [2.24, 2.45) is 11.8 Å². The third kappa shape index (κ3) is 2.33. The van der Waals surface area contributed by atoms with Crippen LogP contribution in [-0.2, 0) is 0 Å². The molecule has 1 fully saturated rings. The fraction of sp³-hybridized carbons (Fsp3) is 0.294. The van der Waals surface area contributed by atoms with Crippen molar-refractivity contribution in [3.05, 3.63) is 52.3 Å². The Labute approximate surface area is 134 Å². The maximum absolute atomic E-state index is 11.1. The number of rotatable bonds is 1. The Morgan fingerprint density at radius 2 is 2.27 bits per heavy atom. The van der Waals surface area contributed by atoms with Crippen molar-refractivity contribution >= 4 is 30.0 Å². The summed E-state index contributed by atoms with van der Waals surface area (Å²) < 4.78 is 0. The molecule has 2 atom stereocenters. The van der Waals surface area contributed by atoms with E-state index in [1.165, 1.54) is 23.9 Å². The van der Waals surface area contributed by atoms with Gasteiger partial charge < -0.3 is 10.4 Å². The number of pyridine rings is 1. The van der Waals surface area contributed by atoms with E-state index in [4.69, 9.17) is 5.11 Å². The first-order valence-corrected chi connectivity index (χ1v) is 7.30. The van der Waals surface area contributed by atoms with Crippen molar-refractivity contribution in [1.29, 1.82) is 0 Å². The third-order valence-electron chi connectivity index (χ3n) is 4.57. The van der Waals surface area contributed by atoms with E-state index in [1.807, 2.05) is 12.2 Å². The highest BCUT2D eigenvalue weighted by Crippen LogP contribution is 2.37. The van der Waals surface area contributed by atoms with Crippen LogP contribution in [-0.4, -0.2) is 22.6 Å². The zero-order chi connectivity index (χ0) is 14.4. The first-order chi connectivity index (χ1) is 10.2. The first kappa shape index (κ1) is 14.9. The molecule has 1 aromatic heterocycles. The topological polar surface area (TPSA) is 62.2 Å². The molecule has 0 bridgehead atoms. The maximum Gasteiger partial charge on any atom is 0.337 e. The van der Waals surface area contributed by atoms with Crippen LogP contribution >= 0.6 is 12.4 Å². The Morgan fingerprint density at radius 1 is 1.41 bits per heavy atom. The Morgan fingerprint density at radius 3 is 3.09 bits per heavy atom. The van der Waals surface area contributed by atoms with Gasteiger partial charge in [0, 0.05) is 35.5 Å². The second-order valence-electron chi connectivity index (χ2n) is 5.83. The van der Waals surface area contributed by atoms with Gasteiger partial charge in [-0.05, 0) is 30.6 Å². The number of nitrogens with zero attached hydrogens (tertiary/aromatic N) is 1. The fourth-order valence-corrected chi connectivity index (χ4v) is 3.50. The Hall–Kier alpha value is -2.07. The van der Waals surface area contributed by atoms with Gasteiger partial charge in [0.2, 0.25) is 0 Å². The van der Waals surface area contributed by atoms with Crippen LogP contribution in [0.3, 0.4) is 0 Å². The van der Waals surface area contributed by atoms with Gasteiger partial charge in [0.1, 0.15) is 0 Å². The number of aromatic carboxylic acids is 1. The van der Waals surface area contributed by atoms with Crippen molar-refractivity contribution in [1.82, 2.24) is 10.3 Å². The number of carboxylic acids is 1. The fourth-order valence-electron chi connectivity index (χ4n) is 3.50. The third-order valence-corrected chi connectivity index (χ3v) is 4.57. The quantitative estimate of drug-likeness (QED) is 0.818. The van der Waals surface area contributed by atoms with Crippen LogP contribution in [0.15, 0.2) is 36.2 Å². The van der Waals surface area contributed by atoms with Crippen molar-refractivity contribution in [2.45, 2.75) is 12.8 Å². The molecule has 1 aromatic rings. The summed E-state index contributed by atoms with van der Waals surface area (Å²) in [6.45, 7) is 1.05. The van der Waals surface area contributed by atoms with E-state index in [2.05, 4.69) is 22.5 Å². The Balaban J connectivity index is 0.00000144. The minimum atomic E-state index is -0.937. The molecule has 114 valence electrons. The van der Waals surface area contributed by atoms with E-state index in [0.29, 0.717) is 11.8 Å². The largest absolute Gasteiger partial charge is 0.478 e. The summed E-state index contributed by atoms with van der Waals surface area (Å²) in [5.41, 5.74) is 2.75. The standard InChI is InChI=1S/C17H16N2O2.ClH/c20-17(21)13-7-12-3-1-2-10-6-11-4-5-18-15(11)8-14(10)16(12)19-9-13;/h1-3,7-11,18H,4-6H2,(H,20,21);1H. The second kappa shape index (κ2) is 5.61. The summed E-state index contributed by atoms with van der Waals surface area (Å²) in [7, 11) is 0. The van der Waals surface area contributed by atoms with Crippen LogP contribution in [0.25, 0.3) is 11.6 Å². The molecule has 0 amide bonds. The smallest absolute Gasteiger partial charge is 0.337 e. The number of hydrogen-bond acceptors (Lipinski definition) is 3. The molecular weight excluding hydrogens is 300 g/mol. The molecule has 22 heavy (non-hydrogen) atoms. The minimum Gasteiger partial charge on any atom is -0.478 e. The zero-order valence-corrected chi connectivity index (χ0v) is 12.8. The van der Waals surface area contributed by atoms with Gasteiger partial charge in [-0.1, -0.05) is 18.2 Å². The molecule has 1 aliphatic heterocycles. The zero-order valence-electron chi connectivity index (χ0n) is 12.0. The molecule has 0 radical (unpaired) electrons. The number of aromatic nitrogens is 1. The molecule has 0 saturated carbocycles. The molecule has 2 N–H and O–H groups in total. The maximum atomic E-state index is 11.1. The molecule has 1 saturated heterocycles.